The summed E-state index contributed by atoms with van der Waals surface area (Å²) in [5.74, 6) is 2.75. The number of hydrogen-bond acceptors (Lipinski definition) is 3. The van der Waals surface area contributed by atoms with Crippen LogP contribution in [0.1, 0.15) is 5.56 Å². The Morgan fingerprint density at radius 2 is 2.42 bits per heavy atom. The number of benzene rings is 1. The molecule has 0 radical (unpaired) electrons. The molecule has 0 atom stereocenters. The molecule has 1 heterocycles. The molecule has 56 valence electrons. The Kier molecular flexibility index (Phi) is 1.71. The van der Waals surface area contributed by atoms with Crippen molar-refractivity contribution in [3.05, 3.63) is 29.2 Å². The van der Waals surface area contributed by atoms with E-state index >= 15 is 0 Å². The summed E-state index contributed by atoms with van der Waals surface area (Å²) in [6.45, 7) is 0. The smallest absolute Gasteiger partial charge is 0.0992 e. The lowest BCUT2D eigenvalue weighted by atomic mass is 10.2. The zero-order valence-electron chi connectivity index (χ0n) is 6.11. The van der Waals surface area contributed by atoms with Crippen molar-refractivity contribution in [2.45, 2.75) is 4.90 Å². The average molecular weight is 172 g/mol. The Hall–Kier alpha value is -1.49. The number of aliphatic imine (C=N–C) groups is 1. The lowest BCUT2D eigenvalue weighted by Gasteiger charge is -2.03. The van der Waals surface area contributed by atoms with Gasteiger partial charge in [0.15, 0.2) is 0 Å². The van der Waals surface area contributed by atoms with Crippen LogP contribution in [0.3, 0.4) is 0 Å². The highest BCUT2D eigenvalue weighted by Gasteiger charge is 2.03. The molecule has 1 aromatic carbocycles. The molecule has 0 aliphatic carbocycles. The monoisotopic (exact) mass is 172 g/mol. The van der Waals surface area contributed by atoms with Gasteiger partial charge >= 0.3 is 0 Å². The molecule has 2 rings (SSSR count). The van der Waals surface area contributed by atoms with Crippen molar-refractivity contribution >= 4 is 23.3 Å². The predicted molar refractivity (Wildman–Crippen MR) is 48.7 cm³/mol. The van der Waals surface area contributed by atoms with Crippen molar-refractivity contribution in [3.63, 3.8) is 0 Å². The molecule has 1 aliphatic heterocycles. The molecule has 0 spiro atoms. The van der Waals surface area contributed by atoms with E-state index in [4.69, 9.17) is 5.26 Å². The van der Waals surface area contributed by atoms with Crippen LogP contribution >= 0.6 is 11.8 Å². The Morgan fingerprint density at radius 1 is 1.50 bits per heavy atom. The maximum absolute atomic E-state index is 8.61. The molecular formula is C9H4N2S. The van der Waals surface area contributed by atoms with E-state index in [-0.39, 0.29) is 0 Å². The van der Waals surface area contributed by atoms with E-state index in [0.29, 0.717) is 5.56 Å². The van der Waals surface area contributed by atoms with Crippen LogP contribution in [0.15, 0.2) is 33.5 Å². The Bertz CT molecular complexity index is 423. The van der Waals surface area contributed by atoms with Crippen LogP contribution in [0, 0.1) is 11.3 Å². The van der Waals surface area contributed by atoms with Gasteiger partial charge in [-0.3, -0.25) is 0 Å². The van der Waals surface area contributed by atoms with Crippen LogP contribution in [0.2, 0.25) is 0 Å². The molecule has 0 saturated carbocycles. The molecule has 0 bridgehead atoms. The topological polar surface area (TPSA) is 36.1 Å². The summed E-state index contributed by atoms with van der Waals surface area (Å²) in [5, 5.41) is 10.4. The van der Waals surface area contributed by atoms with Crippen molar-refractivity contribution in [1.82, 2.24) is 0 Å². The molecule has 3 heteroatoms. The summed E-state index contributed by atoms with van der Waals surface area (Å²) in [6.07, 6.45) is 0. The van der Waals surface area contributed by atoms with Gasteiger partial charge in [-0.15, -0.1) is 0 Å². The Balaban J connectivity index is 2.60. The minimum Gasteiger partial charge on any atom is -0.205 e. The average Bonchev–Trinajstić information content (AvgIpc) is 2.17. The van der Waals surface area contributed by atoms with Gasteiger partial charge in [0.25, 0.3) is 0 Å². The zero-order valence-corrected chi connectivity index (χ0v) is 6.93. The fourth-order valence-electron chi connectivity index (χ4n) is 0.960. The van der Waals surface area contributed by atoms with Crippen LogP contribution in [0.4, 0.5) is 5.69 Å². The molecule has 0 aromatic heterocycles. The summed E-state index contributed by atoms with van der Waals surface area (Å²) >= 11 is 1.57. The van der Waals surface area contributed by atoms with E-state index in [1.807, 2.05) is 6.07 Å². The van der Waals surface area contributed by atoms with Crippen LogP contribution < -0.4 is 0 Å². The molecule has 0 N–H and O–H groups in total. The summed E-state index contributed by atoms with van der Waals surface area (Å²) in [4.78, 5) is 5.10. The molecule has 0 saturated heterocycles. The van der Waals surface area contributed by atoms with Gasteiger partial charge in [-0.05, 0) is 24.1 Å². The first-order valence-electron chi connectivity index (χ1n) is 3.39. The molecule has 12 heavy (non-hydrogen) atoms. The first kappa shape index (κ1) is 7.17. The molecule has 2 nitrogen and oxygen atoms in total. The second-order valence-corrected chi connectivity index (χ2v) is 3.18. The molecule has 1 aromatic rings. The standard InChI is InChI=1S/C9H4N2S/c10-6-7-1-2-9-8(5-7)11-3-4-12-9/h1-2,4-5H. The number of fused-ring (bicyclic) bond motifs is 1. The third-order valence-corrected chi connectivity index (χ3v) is 2.33. The van der Waals surface area contributed by atoms with Crippen molar-refractivity contribution in [2.24, 2.45) is 4.99 Å². The SMILES string of the molecule is N#Cc1ccc2c(c1)N=C=CS2. The molecular weight excluding hydrogens is 168 g/mol. The first-order valence-corrected chi connectivity index (χ1v) is 4.27. The van der Waals surface area contributed by atoms with E-state index in [2.05, 4.69) is 16.9 Å². The largest absolute Gasteiger partial charge is 0.205 e. The quantitative estimate of drug-likeness (QED) is 0.602. The lowest BCUT2D eigenvalue weighted by Crippen LogP contribution is -1.79. The van der Waals surface area contributed by atoms with Gasteiger partial charge in [-0.2, -0.15) is 5.26 Å². The third-order valence-electron chi connectivity index (χ3n) is 1.51. The van der Waals surface area contributed by atoms with Gasteiger partial charge < -0.3 is 0 Å². The van der Waals surface area contributed by atoms with Gasteiger partial charge in [0.2, 0.25) is 0 Å². The summed E-state index contributed by atoms with van der Waals surface area (Å²) in [6, 6.07) is 7.53. The fourth-order valence-corrected chi connectivity index (χ4v) is 1.56. The van der Waals surface area contributed by atoms with Crippen LogP contribution in [-0.2, 0) is 0 Å². The molecule has 0 unspecified atom stereocenters. The van der Waals surface area contributed by atoms with Crippen molar-refractivity contribution in [2.75, 3.05) is 0 Å². The summed E-state index contributed by atoms with van der Waals surface area (Å²) in [7, 11) is 0. The lowest BCUT2D eigenvalue weighted by molar-refractivity contribution is 1.36. The minimum absolute atomic E-state index is 0.641. The second-order valence-electron chi connectivity index (χ2n) is 2.27. The maximum Gasteiger partial charge on any atom is 0.0992 e. The summed E-state index contributed by atoms with van der Waals surface area (Å²) < 4.78 is 0. The fraction of sp³-hybridized carbons (Fsp3) is 0. The number of thioether (sulfide) groups is 1. The second kappa shape index (κ2) is 2.86. The van der Waals surface area contributed by atoms with E-state index in [1.165, 1.54) is 0 Å². The summed E-state index contributed by atoms with van der Waals surface area (Å²) in [5.41, 5.74) is 1.48. The Morgan fingerprint density at radius 3 is 3.25 bits per heavy atom. The van der Waals surface area contributed by atoms with E-state index in [9.17, 15) is 0 Å². The zero-order chi connectivity index (χ0) is 8.39. The predicted octanol–water partition coefficient (Wildman–Crippen LogP) is 2.48. The van der Waals surface area contributed by atoms with Crippen molar-refractivity contribution < 1.29 is 0 Å². The number of rotatable bonds is 0. The minimum atomic E-state index is 0.641. The van der Waals surface area contributed by atoms with Gasteiger partial charge in [-0.1, -0.05) is 11.8 Å². The number of nitriles is 1. The van der Waals surface area contributed by atoms with E-state index < -0.39 is 0 Å². The van der Waals surface area contributed by atoms with Gasteiger partial charge in [0, 0.05) is 10.3 Å². The highest BCUT2D eigenvalue weighted by atomic mass is 32.2. The third kappa shape index (κ3) is 1.14. The van der Waals surface area contributed by atoms with E-state index in [1.54, 1.807) is 29.3 Å². The van der Waals surface area contributed by atoms with Crippen LogP contribution in [-0.4, -0.2) is 5.87 Å². The highest BCUT2D eigenvalue weighted by molar-refractivity contribution is 8.02. The van der Waals surface area contributed by atoms with Gasteiger partial charge in [0.05, 0.1) is 17.3 Å². The van der Waals surface area contributed by atoms with Crippen molar-refractivity contribution in [3.8, 4) is 6.07 Å². The van der Waals surface area contributed by atoms with E-state index in [0.717, 1.165) is 10.6 Å². The molecule has 0 amide bonds. The highest BCUT2D eigenvalue weighted by Crippen LogP contribution is 2.32. The van der Waals surface area contributed by atoms with Gasteiger partial charge in [0.1, 0.15) is 0 Å². The van der Waals surface area contributed by atoms with Crippen LogP contribution in [0.5, 0.6) is 0 Å². The molecule has 0 fully saturated rings. The molecule has 1 aliphatic rings. The normalized spacial score (nSPS) is 12.2. The Labute approximate surface area is 74.2 Å². The number of hydrogen-bond donors (Lipinski definition) is 0. The maximum atomic E-state index is 8.61. The van der Waals surface area contributed by atoms with Crippen molar-refractivity contribution in [1.29, 1.82) is 5.26 Å². The van der Waals surface area contributed by atoms with Gasteiger partial charge in [-0.25, -0.2) is 4.99 Å². The first-order chi connectivity index (χ1) is 5.90. The number of nitrogens with zero attached hydrogens (tertiary/aromatic N) is 2. The van der Waals surface area contributed by atoms with Crippen LogP contribution in [0.25, 0.3) is 0 Å².